The van der Waals surface area contributed by atoms with Crippen molar-refractivity contribution in [3.8, 4) is 0 Å². The van der Waals surface area contributed by atoms with Gasteiger partial charge in [-0.1, -0.05) is 47.5 Å². The van der Waals surface area contributed by atoms with Gasteiger partial charge in [-0.2, -0.15) is 0 Å². The number of halogens is 2. The highest BCUT2D eigenvalue weighted by atomic mass is 35.5. The molecule has 20 heavy (non-hydrogen) atoms. The highest BCUT2D eigenvalue weighted by molar-refractivity contribution is 6.33. The van der Waals surface area contributed by atoms with Crippen molar-refractivity contribution in [2.45, 2.75) is 18.6 Å². The number of rotatable bonds is 2. The van der Waals surface area contributed by atoms with Gasteiger partial charge < -0.3 is 10.5 Å². The van der Waals surface area contributed by atoms with Gasteiger partial charge in [-0.15, -0.1) is 0 Å². The quantitative estimate of drug-likeness (QED) is 0.897. The summed E-state index contributed by atoms with van der Waals surface area (Å²) in [4.78, 5) is 0. The standard InChI is InChI=1S/C16H15Cl2NO/c17-11-5-6-14(18)13(9-11)15(19)16-12-4-2-1-3-10(12)7-8-20-16/h1-6,9,15-16H,7-8,19H2. The molecule has 4 heteroatoms. The predicted octanol–water partition coefficient (Wildman–Crippen LogP) is 4.31. The zero-order valence-electron chi connectivity index (χ0n) is 10.9. The SMILES string of the molecule is NC(c1cc(Cl)ccc1Cl)C1OCCc2ccccc21. The first kappa shape index (κ1) is 13.9. The van der Waals surface area contributed by atoms with E-state index < -0.39 is 0 Å². The number of fused-ring (bicyclic) bond motifs is 1. The molecule has 0 spiro atoms. The van der Waals surface area contributed by atoms with E-state index in [1.165, 1.54) is 5.56 Å². The van der Waals surface area contributed by atoms with Crippen molar-refractivity contribution in [2.75, 3.05) is 6.61 Å². The number of nitrogens with two attached hydrogens (primary N) is 1. The highest BCUT2D eigenvalue weighted by Crippen LogP contribution is 2.38. The maximum Gasteiger partial charge on any atom is 0.102 e. The van der Waals surface area contributed by atoms with Crippen molar-refractivity contribution in [2.24, 2.45) is 5.73 Å². The molecule has 0 radical (unpaired) electrons. The molecular weight excluding hydrogens is 293 g/mol. The Labute approximate surface area is 128 Å². The Bertz CT molecular complexity index is 630. The molecule has 2 nitrogen and oxygen atoms in total. The summed E-state index contributed by atoms with van der Waals surface area (Å²) in [6.07, 6.45) is 0.735. The van der Waals surface area contributed by atoms with E-state index in [1.807, 2.05) is 18.2 Å². The van der Waals surface area contributed by atoms with Crippen LogP contribution < -0.4 is 5.73 Å². The Morgan fingerprint density at radius 2 is 1.95 bits per heavy atom. The molecule has 104 valence electrons. The van der Waals surface area contributed by atoms with Crippen molar-refractivity contribution in [1.29, 1.82) is 0 Å². The van der Waals surface area contributed by atoms with Crippen LogP contribution in [0.1, 0.15) is 28.8 Å². The van der Waals surface area contributed by atoms with E-state index in [4.69, 9.17) is 33.7 Å². The molecule has 0 bridgehead atoms. The molecule has 0 saturated carbocycles. The van der Waals surface area contributed by atoms with Gasteiger partial charge in [0.1, 0.15) is 6.10 Å². The van der Waals surface area contributed by atoms with Gasteiger partial charge >= 0.3 is 0 Å². The van der Waals surface area contributed by atoms with E-state index in [0.717, 1.165) is 17.5 Å². The lowest BCUT2D eigenvalue weighted by Gasteiger charge is -2.31. The van der Waals surface area contributed by atoms with E-state index >= 15 is 0 Å². The summed E-state index contributed by atoms with van der Waals surface area (Å²) in [5, 5.41) is 1.25. The van der Waals surface area contributed by atoms with Crippen molar-refractivity contribution in [1.82, 2.24) is 0 Å². The van der Waals surface area contributed by atoms with Crippen LogP contribution in [0, 0.1) is 0 Å². The van der Waals surface area contributed by atoms with Gasteiger partial charge in [0.15, 0.2) is 0 Å². The van der Waals surface area contributed by atoms with Crippen LogP contribution in [-0.4, -0.2) is 6.61 Å². The Kier molecular flexibility index (Phi) is 3.99. The van der Waals surface area contributed by atoms with Crippen LogP contribution in [0.25, 0.3) is 0 Å². The van der Waals surface area contributed by atoms with Gasteiger partial charge in [-0.3, -0.25) is 0 Å². The Morgan fingerprint density at radius 1 is 1.15 bits per heavy atom. The molecule has 0 saturated heterocycles. The molecule has 2 aromatic carbocycles. The van der Waals surface area contributed by atoms with Crippen molar-refractivity contribution >= 4 is 23.2 Å². The Balaban J connectivity index is 1.99. The summed E-state index contributed by atoms with van der Waals surface area (Å²) >= 11 is 12.3. The molecule has 0 amide bonds. The first-order chi connectivity index (χ1) is 9.66. The first-order valence-corrected chi connectivity index (χ1v) is 7.32. The van der Waals surface area contributed by atoms with Crippen LogP contribution >= 0.6 is 23.2 Å². The minimum absolute atomic E-state index is 0.184. The second kappa shape index (κ2) is 5.74. The summed E-state index contributed by atoms with van der Waals surface area (Å²) in [5.41, 5.74) is 9.64. The lowest BCUT2D eigenvalue weighted by atomic mass is 9.90. The van der Waals surface area contributed by atoms with E-state index in [1.54, 1.807) is 12.1 Å². The molecule has 1 aliphatic rings. The number of ether oxygens (including phenoxy) is 1. The minimum Gasteiger partial charge on any atom is -0.371 e. The molecule has 0 aromatic heterocycles. The molecule has 0 aliphatic carbocycles. The van der Waals surface area contributed by atoms with Gasteiger partial charge in [-0.25, -0.2) is 0 Å². The fourth-order valence-corrected chi connectivity index (χ4v) is 3.08. The largest absolute Gasteiger partial charge is 0.371 e. The lowest BCUT2D eigenvalue weighted by molar-refractivity contribution is 0.0241. The van der Waals surface area contributed by atoms with Gasteiger partial charge in [0.25, 0.3) is 0 Å². The molecular formula is C16H15Cl2NO. The second-order valence-electron chi connectivity index (χ2n) is 4.93. The third kappa shape index (κ3) is 2.57. The lowest BCUT2D eigenvalue weighted by Crippen LogP contribution is -2.27. The minimum atomic E-state index is -0.331. The highest BCUT2D eigenvalue weighted by Gasteiger charge is 2.28. The zero-order valence-corrected chi connectivity index (χ0v) is 12.4. The van der Waals surface area contributed by atoms with Crippen LogP contribution in [0.15, 0.2) is 42.5 Å². The smallest absolute Gasteiger partial charge is 0.102 e. The average molecular weight is 308 g/mol. The summed E-state index contributed by atoms with van der Waals surface area (Å²) in [6.45, 7) is 0.674. The first-order valence-electron chi connectivity index (χ1n) is 6.57. The average Bonchev–Trinajstić information content (AvgIpc) is 2.48. The topological polar surface area (TPSA) is 35.2 Å². The van der Waals surface area contributed by atoms with E-state index in [9.17, 15) is 0 Å². The maximum atomic E-state index is 6.39. The van der Waals surface area contributed by atoms with Crippen LogP contribution in [-0.2, 0) is 11.2 Å². The number of hydrogen-bond acceptors (Lipinski definition) is 2. The monoisotopic (exact) mass is 307 g/mol. The zero-order chi connectivity index (χ0) is 14.1. The van der Waals surface area contributed by atoms with Gasteiger partial charge in [0, 0.05) is 10.0 Å². The van der Waals surface area contributed by atoms with E-state index in [0.29, 0.717) is 16.7 Å². The predicted molar refractivity (Wildman–Crippen MR) is 82.2 cm³/mol. The molecule has 2 aromatic rings. The molecule has 2 N–H and O–H groups in total. The Morgan fingerprint density at radius 3 is 2.80 bits per heavy atom. The molecule has 1 heterocycles. The summed E-state index contributed by atoms with van der Waals surface area (Å²) in [7, 11) is 0. The fourth-order valence-electron chi connectivity index (χ4n) is 2.66. The van der Waals surface area contributed by atoms with E-state index in [-0.39, 0.29) is 12.1 Å². The molecule has 0 fully saturated rings. The molecule has 3 rings (SSSR count). The van der Waals surface area contributed by atoms with Crippen molar-refractivity contribution in [3.05, 3.63) is 69.2 Å². The Hall–Kier alpha value is -1.06. The van der Waals surface area contributed by atoms with Crippen molar-refractivity contribution < 1.29 is 4.74 Å². The van der Waals surface area contributed by atoms with Crippen molar-refractivity contribution in [3.63, 3.8) is 0 Å². The van der Waals surface area contributed by atoms with Gasteiger partial charge in [-0.05, 0) is 41.3 Å². The van der Waals surface area contributed by atoms with Crippen LogP contribution in [0.3, 0.4) is 0 Å². The number of hydrogen-bond donors (Lipinski definition) is 1. The molecule has 2 unspecified atom stereocenters. The molecule has 2 atom stereocenters. The van der Waals surface area contributed by atoms with Gasteiger partial charge in [0.05, 0.1) is 12.6 Å². The second-order valence-corrected chi connectivity index (χ2v) is 5.78. The molecule has 1 aliphatic heterocycles. The van der Waals surface area contributed by atoms with Crippen LogP contribution in [0.5, 0.6) is 0 Å². The van der Waals surface area contributed by atoms with E-state index in [2.05, 4.69) is 12.1 Å². The van der Waals surface area contributed by atoms with Gasteiger partial charge in [0.2, 0.25) is 0 Å². The summed E-state index contributed by atoms with van der Waals surface area (Å²) < 4.78 is 5.89. The summed E-state index contributed by atoms with van der Waals surface area (Å²) in [6, 6.07) is 13.3. The summed E-state index contributed by atoms with van der Waals surface area (Å²) in [5.74, 6) is 0. The fraction of sp³-hybridized carbons (Fsp3) is 0.250. The maximum absolute atomic E-state index is 6.39. The normalized spacial score (nSPS) is 19.4. The third-order valence-electron chi connectivity index (χ3n) is 3.67. The van der Waals surface area contributed by atoms with Crippen LogP contribution in [0.2, 0.25) is 10.0 Å². The van der Waals surface area contributed by atoms with Crippen LogP contribution in [0.4, 0.5) is 0 Å². The number of benzene rings is 2. The third-order valence-corrected chi connectivity index (χ3v) is 4.25.